The van der Waals surface area contributed by atoms with E-state index in [2.05, 4.69) is 27.4 Å². The average molecular weight is 575 g/mol. The van der Waals surface area contributed by atoms with E-state index in [-0.39, 0.29) is 41.8 Å². The molecule has 0 aliphatic carbocycles. The van der Waals surface area contributed by atoms with Gasteiger partial charge in [0.2, 0.25) is 5.91 Å². The number of guanidine groups is 1. The van der Waals surface area contributed by atoms with Gasteiger partial charge in [0.05, 0.1) is 12.3 Å². The molecule has 2 amide bonds. The van der Waals surface area contributed by atoms with Crippen LogP contribution in [0.25, 0.3) is 0 Å². The minimum atomic E-state index is -0.183. The molecule has 1 unspecified atom stereocenters. The van der Waals surface area contributed by atoms with Crippen molar-refractivity contribution in [2.24, 2.45) is 4.99 Å². The van der Waals surface area contributed by atoms with Gasteiger partial charge in [-0.3, -0.25) is 19.5 Å². The Morgan fingerprint density at radius 3 is 2.39 bits per heavy atom. The van der Waals surface area contributed by atoms with Crippen molar-refractivity contribution in [2.45, 2.75) is 46.1 Å². The van der Waals surface area contributed by atoms with Gasteiger partial charge in [0.25, 0.3) is 5.91 Å². The molecule has 0 aromatic carbocycles. The van der Waals surface area contributed by atoms with Crippen molar-refractivity contribution in [2.75, 3.05) is 58.9 Å². The fourth-order valence-electron chi connectivity index (χ4n) is 4.26. The molecule has 3 rings (SSSR count). The highest BCUT2D eigenvalue weighted by atomic mass is 127. The van der Waals surface area contributed by atoms with Gasteiger partial charge >= 0.3 is 0 Å². The van der Waals surface area contributed by atoms with Crippen molar-refractivity contribution in [3.05, 3.63) is 23.7 Å². The van der Waals surface area contributed by atoms with Gasteiger partial charge < -0.3 is 24.9 Å². The highest BCUT2D eigenvalue weighted by molar-refractivity contribution is 14.0. The Morgan fingerprint density at radius 2 is 1.79 bits per heavy atom. The lowest BCUT2D eigenvalue weighted by Gasteiger charge is -2.39. The van der Waals surface area contributed by atoms with Crippen molar-refractivity contribution in [3.63, 3.8) is 0 Å². The Kier molecular flexibility index (Phi) is 11.5. The Hall–Kier alpha value is -1.82. The molecule has 2 fully saturated rings. The van der Waals surface area contributed by atoms with Gasteiger partial charge in [-0.25, -0.2) is 0 Å². The van der Waals surface area contributed by atoms with Crippen molar-refractivity contribution in [1.29, 1.82) is 0 Å². The van der Waals surface area contributed by atoms with E-state index in [0.717, 1.165) is 76.6 Å². The lowest BCUT2D eigenvalue weighted by Crippen LogP contribution is -2.57. The zero-order valence-electron chi connectivity index (χ0n) is 20.1. The molecule has 3 heterocycles. The summed E-state index contributed by atoms with van der Waals surface area (Å²) < 4.78 is 5.22. The summed E-state index contributed by atoms with van der Waals surface area (Å²) in [5, 5.41) is 6.26. The second-order valence-corrected chi connectivity index (χ2v) is 8.51. The lowest BCUT2D eigenvalue weighted by molar-refractivity contribution is -0.135. The smallest absolute Gasteiger partial charge is 0.287 e. The molecule has 1 atom stereocenters. The molecule has 2 saturated heterocycles. The molecule has 2 aliphatic heterocycles. The number of likely N-dealkylation sites (tertiary alicyclic amines) is 1. The number of carbonyl (C=O) groups is 2. The minimum absolute atomic E-state index is 0. The molecule has 33 heavy (non-hydrogen) atoms. The van der Waals surface area contributed by atoms with Crippen LogP contribution in [0.1, 0.15) is 49.2 Å². The zero-order chi connectivity index (χ0) is 22.9. The van der Waals surface area contributed by atoms with Gasteiger partial charge in [0.15, 0.2) is 11.7 Å². The number of halogens is 1. The van der Waals surface area contributed by atoms with Gasteiger partial charge in [0, 0.05) is 64.5 Å². The molecule has 0 spiro atoms. The molecule has 0 bridgehead atoms. The number of nitrogens with zero attached hydrogens (tertiary/aromatic N) is 4. The molecule has 1 aromatic heterocycles. The minimum Gasteiger partial charge on any atom is -0.459 e. The predicted molar refractivity (Wildman–Crippen MR) is 140 cm³/mol. The van der Waals surface area contributed by atoms with Crippen LogP contribution in [0, 0.1) is 6.92 Å². The first-order chi connectivity index (χ1) is 15.5. The van der Waals surface area contributed by atoms with E-state index in [1.807, 2.05) is 18.7 Å². The van der Waals surface area contributed by atoms with E-state index in [9.17, 15) is 9.59 Å². The van der Waals surface area contributed by atoms with Gasteiger partial charge in [-0.15, -0.1) is 24.0 Å². The maximum absolute atomic E-state index is 12.7. The summed E-state index contributed by atoms with van der Waals surface area (Å²) in [5.74, 6) is 1.36. The normalized spacial score (nSPS) is 18.1. The highest BCUT2D eigenvalue weighted by Crippen LogP contribution is 2.14. The standard InChI is InChI=1S/C23H38N6O3.HI/c1-4-24-23(26-10-7-9-25-21(30)20-18(2)8-17-32-20)29-15-13-27(14-16-29)19(3)22(31)28-11-5-6-12-28;/h8,17,19H,4-7,9-16H2,1-3H3,(H,24,26)(H,25,30);1H. The molecular weight excluding hydrogens is 535 g/mol. The first-order valence-electron chi connectivity index (χ1n) is 11.9. The number of furan rings is 1. The van der Waals surface area contributed by atoms with Crippen molar-refractivity contribution >= 4 is 41.8 Å². The molecular formula is C23H39IN6O3. The third-order valence-corrected chi connectivity index (χ3v) is 6.22. The van der Waals surface area contributed by atoms with Crippen LogP contribution >= 0.6 is 24.0 Å². The number of rotatable bonds is 8. The summed E-state index contributed by atoms with van der Waals surface area (Å²) in [6.07, 6.45) is 4.53. The van der Waals surface area contributed by atoms with E-state index in [4.69, 9.17) is 9.41 Å². The largest absolute Gasteiger partial charge is 0.459 e. The summed E-state index contributed by atoms with van der Waals surface area (Å²) >= 11 is 0. The van der Waals surface area contributed by atoms with Crippen molar-refractivity contribution in [3.8, 4) is 0 Å². The Balaban J connectivity index is 0.00000385. The maximum atomic E-state index is 12.7. The van der Waals surface area contributed by atoms with Crippen LogP contribution in [-0.2, 0) is 4.79 Å². The summed E-state index contributed by atoms with van der Waals surface area (Å²) in [6, 6.07) is 1.72. The molecule has 1 aromatic rings. The van der Waals surface area contributed by atoms with Crippen LogP contribution in [0.3, 0.4) is 0 Å². The molecule has 2 N–H and O–H groups in total. The average Bonchev–Trinajstić information content (AvgIpc) is 3.49. The predicted octanol–water partition coefficient (Wildman–Crippen LogP) is 1.92. The number of carbonyl (C=O) groups excluding carboxylic acids is 2. The first-order valence-corrected chi connectivity index (χ1v) is 11.9. The Morgan fingerprint density at radius 1 is 1.09 bits per heavy atom. The molecule has 0 radical (unpaired) electrons. The fourth-order valence-corrected chi connectivity index (χ4v) is 4.26. The number of aliphatic imine (C=N–C) groups is 1. The topological polar surface area (TPSA) is 93.4 Å². The fraction of sp³-hybridized carbons (Fsp3) is 0.696. The summed E-state index contributed by atoms with van der Waals surface area (Å²) in [6.45, 7) is 13.1. The van der Waals surface area contributed by atoms with Crippen LogP contribution in [0.4, 0.5) is 0 Å². The van der Waals surface area contributed by atoms with E-state index in [1.165, 1.54) is 6.26 Å². The molecule has 2 aliphatic rings. The van der Waals surface area contributed by atoms with Gasteiger partial charge in [-0.05, 0) is 46.1 Å². The van der Waals surface area contributed by atoms with Crippen LogP contribution in [0.15, 0.2) is 21.7 Å². The Labute approximate surface area is 214 Å². The Bertz CT molecular complexity index is 785. The molecule has 10 heteroatoms. The first kappa shape index (κ1) is 27.4. The molecule has 186 valence electrons. The van der Waals surface area contributed by atoms with Crippen LogP contribution < -0.4 is 10.6 Å². The second-order valence-electron chi connectivity index (χ2n) is 8.51. The quantitative estimate of drug-likeness (QED) is 0.214. The van der Waals surface area contributed by atoms with Crippen LogP contribution in [0.2, 0.25) is 0 Å². The SMILES string of the molecule is CCNC(=NCCCNC(=O)c1occc1C)N1CCN(C(C)C(=O)N2CCCC2)CC1.I. The number of amides is 2. The van der Waals surface area contributed by atoms with E-state index in [1.54, 1.807) is 6.07 Å². The number of nitrogens with one attached hydrogen (secondary N) is 2. The molecule has 9 nitrogen and oxygen atoms in total. The van der Waals surface area contributed by atoms with E-state index in [0.29, 0.717) is 18.8 Å². The van der Waals surface area contributed by atoms with Crippen LogP contribution in [-0.4, -0.2) is 97.4 Å². The summed E-state index contributed by atoms with van der Waals surface area (Å²) in [5.41, 5.74) is 0.838. The summed E-state index contributed by atoms with van der Waals surface area (Å²) in [7, 11) is 0. The van der Waals surface area contributed by atoms with Gasteiger partial charge in [0.1, 0.15) is 0 Å². The maximum Gasteiger partial charge on any atom is 0.287 e. The lowest BCUT2D eigenvalue weighted by atomic mass is 10.2. The summed E-state index contributed by atoms with van der Waals surface area (Å²) in [4.78, 5) is 36.1. The third-order valence-electron chi connectivity index (χ3n) is 6.22. The van der Waals surface area contributed by atoms with Gasteiger partial charge in [-0.1, -0.05) is 0 Å². The number of hydrogen-bond donors (Lipinski definition) is 2. The van der Waals surface area contributed by atoms with E-state index < -0.39 is 0 Å². The van der Waals surface area contributed by atoms with Crippen LogP contribution in [0.5, 0.6) is 0 Å². The van der Waals surface area contributed by atoms with Crippen molar-refractivity contribution < 1.29 is 14.0 Å². The number of hydrogen-bond acceptors (Lipinski definition) is 5. The number of piperazine rings is 1. The zero-order valence-corrected chi connectivity index (χ0v) is 22.5. The highest BCUT2D eigenvalue weighted by Gasteiger charge is 2.30. The third kappa shape index (κ3) is 7.59. The van der Waals surface area contributed by atoms with Crippen molar-refractivity contribution in [1.82, 2.24) is 25.3 Å². The molecule has 0 saturated carbocycles. The number of aryl methyl sites for hydroxylation is 1. The van der Waals surface area contributed by atoms with E-state index >= 15 is 0 Å². The monoisotopic (exact) mass is 574 g/mol. The second kappa shape index (κ2) is 13.8. The van der Waals surface area contributed by atoms with Gasteiger partial charge in [-0.2, -0.15) is 0 Å².